The Bertz CT molecular complexity index is 904. The molecule has 1 aromatic carbocycles. The number of rotatable bonds is 16. The number of piperidine rings is 1. The highest BCUT2D eigenvalue weighted by atomic mass is 32.2. The Hall–Kier alpha value is -2.35. The lowest BCUT2D eigenvalue weighted by molar-refractivity contribution is -0.138. The second kappa shape index (κ2) is 14.3. The fourth-order valence-electron chi connectivity index (χ4n) is 4.84. The molecule has 7 nitrogen and oxygen atoms in total. The summed E-state index contributed by atoms with van der Waals surface area (Å²) in [6, 6.07) is 5.25. The number of hydrogen-bond acceptors (Lipinski definition) is 5. The number of fused-ring (bicyclic) bond motifs is 1. The maximum atomic E-state index is 12.9. The zero-order valence-corrected chi connectivity index (χ0v) is 21.4. The third kappa shape index (κ3) is 8.37. The number of imide groups is 1. The van der Waals surface area contributed by atoms with Crippen LogP contribution in [0.5, 0.6) is 0 Å². The monoisotopic (exact) mass is 502 g/mol. The molecule has 2 heterocycles. The first-order valence-corrected chi connectivity index (χ1v) is 14.1. The summed E-state index contributed by atoms with van der Waals surface area (Å²) in [5.41, 5.74) is 1.69. The van der Waals surface area contributed by atoms with Gasteiger partial charge in [-0.2, -0.15) is 0 Å². The average Bonchev–Trinajstić information content (AvgIpc) is 3.16. The SMILES string of the molecule is O=C(O)CCCCCCCCCCCCCSc1cccc2c1CN(C1CCC(=O)NC1=O)C2=O. The molecular formula is C27H38N2O5S. The van der Waals surface area contributed by atoms with E-state index in [1.54, 1.807) is 16.7 Å². The van der Waals surface area contributed by atoms with Crippen LogP contribution in [-0.4, -0.2) is 45.5 Å². The minimum absolute atomic E-state index is 0.114. The van der Waals surface area contributed by atoms with E-state index in [9.17, 15) is 19.2 Å². The average molecular weight is 503 g/mol. The molecule has 2 aliphatic rings. The molecule has 1 aromatic rings. The number of aliphatic carboxylic acids is 1. The fraction of sp³-hybridized carbons (Fsp3) is 0.630. The molecule has 1 saturated heterocycles. The van der Waals surface area contributed by atoms with Gasteiger partial charge >= 0.3 is 5.97 Å². The van der Waals surface area contributed by atoms with E-state index in [0.717, 1.165) is 41.9 Å². The van der Waals surface area contributed by atoms with Gasteiger partial charge in [0.25, 0.3) is 5.91 Å². The van der Waals surface area contributed by atoms with Crippen LogP contribution >= 0.6 is 11.8 Å². The molecule has 0 saturated carbocycles. The van der Waals surface area contributed by atoms with Gasteiger partial charge in [0.05, 0.1) is 0 Å². The zero-order valence-electron chi connectivity index (χ0n) is 20.6. The smallest absolute Gasteiger partial charge is 0.303 e. The van der Waals surface area contributed by atoms with Crippen LogP contribution < -0.4 is 5.32 Å². The lowest BCUT2D eigenvalue weighted by atomic mass is 10.0. The van der Waals surface area contributed by atoms with Crippen molar-refractivity contribution in [3.8, 4) is 0 Å². The van der Waals surface area contributed by atoms with Gasteiger partial charge in [-0.1, -0.05) is 63.9 Å². The molecule has 35 heavy (non-hydrogen) atoms. The summed E-state index contributed by atoms with van der Waals surface area (Å²) in [6.07, 6.45) is 13.8. The van der Waals surface area contributed by atoms with Crippen LogP contribution in [0.1, 0.15) is 106 Å². The number of thioether (sulfide) groups is 1. The number of carbonyl (C=O) groups is 4. The van der Waals surface area contributed by atoms with E-state index >= 15 is 0 Å². The molecule has 0 radical (unpaired) electrons. The number of benzene rings is 1. The van der Waals surface area contributed by atoms with Crippen molar-refractivity contribution in [1.82, 2.24) is 10.2 Å². The molecule has 2 N–H and O–H groups in total. The van der Waals surface area contributed by atoms with Crippen molar-refractivity contribution < 1.29 is 24.3 Å². The number of amides is 3. The summed E-state index contributed by atoms with van der Waals surface area (Å²) in [4.78, 5) is 49.8. The zero-order chi connectivity index (χ0) is 25.0. The van der Waals surface area contributed by atoms with Gasteiger partial charge in [-0.25, -0.2) is 0 Å². The largest absolute Gasteiger partial charge is 0.481 e. The molecule has 0 aliphatic carbocycles. The van der Waals surface area contributed by atoms with Gasteiger partial charge in [-0.15, -0.1) is 11.8 Å². The Morgan fingerprint density at radius 2 is 1.57 bits per heavy atom. The van der Waals surface area contributed by atoms with Crippen LogP contribution in [-0.2, 0) is 20.9 Å². The fourth-order valence-corrected chi connectivity index (χ4v) is 5.94. The van der Waals surface area contributed by atoms with Gasteiger partial charge in [0.1, 0.15) is 6.04 Å². The van der Waals surface area contributed by atoms with Crippen molar-refractivity contribution in [2.45, 2.75) is 107 Å². The van der Waals surface area contributed by atoms with E-state index in [2.05, 4.69) is 11.4 Å². The van der Waals surface area contributed by atoms with E-state index in [0.29, 0.717) is 24.9 Å². The molecular weight excluding hydrogens is 464 g/mol. The lowest BCUT2D eigenvalue weighted by Crippen LogP contribution is -2.52. The summed E-state index contributed by atoms with van der Waals surface area (Å²) in [7, 11) is 0. The second-order valence-corrected chi connectivity index (χ2v) is 10.7. The number of nitrogens with one attached hydrogen (secondary N) is 1. The predicted octanol–water partition coefficient (Wildman–Crippen LogP) is 5.31. The van der Waals surface area contributed by atoms with Crippen molar-refractivity contribution in [2.75, 3.05) is 5.75 Å². The Kier molecular flexibility index (Phi) is 11.1. The number of carbonyl (C=O) groups excluding carboxylic acids is 3. The second-order valence-electron chi connectivity index (χ2n) is 9.56. The van der Waals surface area contributed by atoms with Crippen molar-refractivity contribution in [1.29, 1.82) is 0 Å². The molecule has 3 amide bonds. The Balaban J connectivity index is 1.28. The van der Waals surface area contributed by atoms with Crippen LogP contribution in [0.25, 0.3) is 0 Å². The standard InChI is InChI=1S/C27H38N2O5S/c30-24-17-16-22(26(33)28-24)29-19-21-20(27(29)34)13-12-14-23(21)35-18-11-9-7-5-3-1-2-4-6-8-10-15-25(31)32/h12-14,22H,1-11,15-19H2,(H,31,32)(H,28,30,33). The molecule has 0 spiro atoms. The highest BCUT2D eigenvalue weighted by Crippen LogP contribution is 2.34. The highest BCUT2D eigenvalue weighted by Gasteiger charge is 2.39. The van der Waals surface area contributed by atoms with Gasteiger partial charge in [-0.05, 0) is 42.7 Å². The minimum atomic E-state index is -0.692. The molecule has 8 heteroatoms. The molecule has 192 valence electrons. The summed E-state index contributed by atoms with van der Waals surface area (Å²) >= 11 is 1.79. The van der Waals surface area contributed by atoms with E-state index in [1.165, 1.54) is 44.9 Å². The predicted molar refractivity (Wildman–Crippen MR) is 136 cm³/mol. The molecule has 1 atom stereocenters. The first kappa shape index (κ1) is 27.2. The van der Waals surface area contributed by atoms with Crippen LogP contribution in [0.3, 0.4) is 0 Å². The minimum Gasteiger partial charge on any atom is -0.481 e. The van der Waals surface area contributed by atoms with Gasteiger partial charge < -0.3 is 10.0 Å². The maximum Gasteiger partial charge on any atom is 0.303 e. The molecule has 1 unspecified atom stereocenters. The topological polar surface area (TPSA) is 104 Å². The molecule has 0 aromatic heterocycles. The third-order valence-corrected chi connectivity index (χ3v) is 8.02. The molecule has 2 aliphatic heterocycles. The molecule has 3 rings (SSSR count). The van der Waals surface area contributed by atoms with Crippen LogP contribution in [0.15, 0.2) is 23.1 Å². The van der Waals surface area contributed by atoms with E-state index < -0.39 is 12.0 Å². The van der Waals surface area contributed by atoms with Crippen LogP contribution in [0.4, 0.5) is 0 Å². The van der Waals surface area contributed by atoms with Gasteiger partial charge in [-0.3, -0.25) is 24.5 Å². The van der Waals surface area contributed by atoms with Gasteiger partial charge in [0.2, 0.25) is 11.8 Å². The first-order chi connectivity index (χ1) is 17.0. The Labute approximate surface area is 212 Å². The number of unbranched alkanes of at least 4 members (excludes halogenated alkanes) is 10. The van der Waals surface area contributed by atoms with Crippen molar-refractivity contribution >= 4 is 35.5 Å². The quantitative estimate of drug-likeness (QED) is 0.180. The number of carboxylic acid groups (broad SMARTS) is 1. The van der Waals surface area contributed by atoms with Crippen LogP contribution in [0, 0.1) is 0 Å². The first-order valence-electron chi connectivity index (χ1n) is 13.1. The lowest BCUT2D eigenvalue weighted by Gasteiger charge is -2.29. The van der Waals surface area contributed by atoms with Gasteiger partial charge in [0.15, 0.2) is 0 Å². The number of hydrogen-bond donors (Lipinski definition) is 2. The van der Waals surface area contributed by atoms with Crippen molar-refractivity contribution in [3.05, 3.63) is 29.3 Å². The summed E-state index contributed by atoms with van der Waals surface area (Å²) in [5, 5.41) is 11.0. The van der Waals surface area contributed by atoms with E-state index in [4.69, 9.17) is 5.11 Å². The molecule has 1 fully saturated rings. The van der Waals surface area contributed by atoms with E-state index in [-0.39, 0.29) is 24.1 Å². The van der Waals surface area contributed by atoms with Crippen molar-refractivity contribution in [2.24, 2.45) is 0 Å². The number of nitrogens with zero attached hydrogens (tertiary/aromatic N) is 1. The summed E-state index contributed by atoms with van der Waals surface area (Å²) in [6.45, 7) is 0.434. The maximum absolute atomic E-state index is 12.9. The normalized spacial score (nSPS) is 17.5. The Morgan fingerprint density at radius 1 is 0.943 bits per heavy atom. The van der Waals surface area contributed by atoms with Gasteiger partial charge in [0, 0.05) is 29.8 Å². The van der Waals surface area contributed by atoms with Crippen LogP contribution in [0.2, 0.25) is 0 Å². The Morgan fingerprint density at radius 3 is 2.20 bits per heavy atom. The van der Waals surface area contributed by atoms with Crippen molar-refractivity contribution in [3.63, 3.8) is 0 Å². The number of carboxylic acids is 1. The summed E-state index contributed by atoms with van der Waals surface area (Å²) in [5.74, 6) is -0.428. The molecule has 0 bridgehead atoms. The highest BCUT2D eigenvalue weighted by molar-refractivity contribution is 7.99. The summed E-state index contributed by atoms with van der Waals surface area (Å²) < 4.78 is 0. The third-order valence-electron chi connectivity index (χ3n) is 6.83. The van der Waals surface area contributed by atoms with E-state index in [1.807, 2.05) is 12.1 Å².